The quantitative estimate of drug-likeness (QED) is 0.844. The van der Waals surface area contributed by atoms with Gasteiger partial charge in [0.25, 0.3) is 0 Å². The Balaban J connectivity index is 1.68. The van der Waals surface area contributed by atoms with Crippen LogP contribution in [0.1, 0.15) is 39.0 Å². The first-order valence-corrected chi connectivity index (χ1v) is 7.46. The van der Waals surface area contributed by atoms with Crippen LogP contribution < -0.4 is 5.32 Å². The van der Waals surface area contributed by atoms with Gasteiger partial charge >= 0.3 is 6.18 Å². The van der Waals surface area contributed by atoms with E-state index in [-0.39, 0.29) is 12.8 Å². The van der Waals surface area contributed by atoms with Gasteiger partial charge in [0, 0.05) is 13.1 Å². The molecule has 1 N–H and O–H groups in total. The Morgan fingerprint density at radius 3 is 2.35 bits per heavy atom. The van der Waals surface area contributed by atoms with Crippen molar-refractivity contribution in [1.29, 1.82) is 0 Å². The van der Waals surface area contributed by atoms with E-state index in [2.05, 4.69) is 17.1 Å². The number of rotatable bonds is 5. The Bertz CT molecular complexity index is 345. The minimum Gasteiger partial charge on any atom is -0.354 e. The van der Waals surface area contributed by atoms with Crippen LogP contribution in [-0.2, 0) is 4.79 Å². The van der Waals surface area contributed by atoms with Crippen LogP contribution in [0.2, 0.25) is 0 Å². The smallest absolute Gasteiger partial charge is 0.354 e. The lowest BCUT2D eigenvalue weighted by Gasteiger charge is -2.31. The SMILES string of the molecule is CCC1CCN(CCNC(=O)C2(C(F)(F)F)CC2)CC1. The third-order valence-electron chi connectivity index (χ3n) is 4.73. The Hall–Kier alpha value is -0.780. The summed E-state index contributed by atoms with van der Waals surface area (Å²) in [7, 11) is 0. The van der Waals surface area contributed by atoms with Gasteiger partial charge in [-0.3, -0.25) is 4.79 Å². The second-order valence-corrected chi connectivity index (χ2v) is 6.03. The molecule has 1 aliphatic heterocycles. The second kappa shape index (κ2) is 5.92. The first-order chi connectivity index (χ1) is 9.39. The van der Waals surface area contributed by atoms with Crippen molar-refractivity contribution in [2.75, 3.05) is 26.2 Å². The number of halogens is 3. The molecule has 0 bridgehead atoms. The van der Waals surface area contributed by atoms with Gasteiger partial charge in [-0.1, -0.05) is 13.3 Å². The third kappa shape index (κ3) is 3.27. The van der Waals surface area contributed by atoms with E-state index in [1.165, 1.54) is 6.42 Å². The van der Waals surface area contributed by atoms with E-state index in [9.17, 15) is 18.0 Å². The lowest BCUT2D eigenvalue weighted by atomic mass is 9.94. The maximum Gasteiger partial charge on any atom is 0.403 e. The molecular formula is C14H23F3N2O. The first-order valence-electron chi connectivity index (χ1n) is 7.46. The summed E-state index contributed by atoms with van der Waals surface area (Å²) in [6.07, 6.45) is -1.04. The van der Waals surface area contributed by atoms with Gasteiger partial charge in [0.2, 0.25) is 5.91 Å². The fourth-order valence-electron chi connectivity index (χ4n) is 2.88. The van der Waals surface area contributed by atoms with Gasteiger partial charge < -0.3 is 10.2 Å². The van der Waals surface area contributed by atoms with Gasteiger partial charge in [0.1, 0.15) is 5.41 Å². The maximum atomic E-state index is 12.7. The highest BCUT2D eigenvalue weighted by Crippen LogP contribution is 2.57. The monoisotopic (exact) mass is 292 g/mol. The van der Waals surface area contributed by atoms with Crippen molar-refractivity contribution in [2.45, 2.75) is 45.2 Å². The molecule has 0 aromatic heterocycles. The van der Waals surface area contributed by atoms with Gasteiger partial charge in [-0.25, -0.2) is 0 Å². The van der Waals surface area contributed by atoms with Gasteiger partial charge in [0.05, 0.1) is 0 Å². The summed E-state index contributed by atoms with van der Waals surface area (Å²) in [5.41, 5.74) is -2.08. The third-order valence-corrected chi connectivity index (χ3v) is 4.73. The zero-order valence-corrected chi connectivity index (χ0v) is 11.9. The molecule has 1 saturated carbocycles. The largest absolute Gasteiger partial charge is 0.403 e. The highest BCUT2D eigenvalue weighted by Gasteiger charge is 2.68. The normalized spacial score (nSPS) is 23.6. The van der Waals surface area contributed by atoms with Crippen molar-refractivity contribution >= 4 is 5.91 Å². The molecule has 6 heteroatoms. The predicted molar refractivity (Wildman–Crippen MR) is 70.2 cm³/mol. The van der Waals surface area contributed by atoms with Crippen molar-refractivity contribution in [1.82, 2.24) is 10.2 Å². The predicted octanol–water partition coefficient (Wildman–Crippen LogP) is 2.57. The molecular weight excluding hydrogens is 269 g/mol. The number of carbonyl (C=O) groups excluding carboxylic acids is 1. The van der Waals surface area contributed by atoms with Crippen LogP contribution in [0.25, 0.3) is 0 Å². The van der Waals surface area contributed by atoms with Gasteiger partial charge in [-0.2, -0.15) is 13.2 Å². The highest BCUT2D eigenvalue weighted by molar-refractivity contribution is 5.86. The molecule has 2 rings (SSSR count). The Kier molecular flexibility index (Phi) is 4.62. The summed E-state index contributed by atoms with van der Waals surface area (Å²) in [6, 6.07) is 0. The summed E-state index contributed by atoms with van der Waals surface area (Å²) < 4.78 is 38.2. The Morgan fingerprint density at radius 1 is 1.30 bits per heavy atom. The van der Waals surface area contributed by atoms with Crippen molar-refractivity contribution < 1.29 is 18.0 Å². The van der Waals surface area contributed by atoms with Crippen LogP contribution in [0.5, 0.6) is 0 Å². The van der Waals surface area contributed by atoms with Crippen LogP contribution in [-0.4, -0.2) is 43.2 Å². The van der Waals surface area contributed by atoms with Crippen LogP contribution >= 0.6 is 0 Å². The number of piperidine rings is 1. The average molecular weight is 292 g/mol. The zero-order valence-electron chi connectivity index (χ0n) is 11.9. The Labute approximate surface area is 117 Å². The number of hydrogen-bond acceptors (Lipinski definition) is 2. The maximum absolute atomic E-state index is 12.7. The van der Waals surface area contributed by atoms with E-state index in [4.69, 9.17) is 0 Å². The summed E-state index contributed by atoms with van der Waals surface area (Å²) in [4.78, 5) is 13.9. The van der Waals surface area contributed by atoms with E-state index >= 15 is 0 Å². The molecule has 0 aromatic carbocycles. The number of alkyl halides is 3. The number of nitrogens with one attached hydrogen (secondary N) is 1. The molecule has 1 heterocycles. The van der Waals surface area contributed by atoms with Crippen molar-refractivity contribution in [2.24, 2.45) is 11.3 Å². The number of likely N-dealkylation sites (tertiary alicyclic amines) is 1. The van der Waals surface area contributed by atoms with E-state index in [1.54, 1.807) is 0 Å². The van der Waals surface area contributed by atoms with Crippen LogP contribution in [0.15, 0.2) is 0 Å². The van der Waals surface area contributed by atoms with Crippen LogP contribution in [0.3, 0.4) is 0 Å². The molecule has 0 atom stereocenters. The van der Waals surface area contributed by atoms with Gasteiger partial charge in [-0.05, 0) is 44.7 Å². The lowest BCUT2D eigenvalue weighted by Crippen LogP contribution is -2.45. The fraction of sp³-hybridized carbons (Fsp3) is 0.929. The zero-order chi connectivity index (χ0) is 14.8. The molecule has 116 valence electrons. The molecule has 3 nitrogen and oxygen atoms in total. The minimum absolute atomic E-state index is 0.0653. The number of amides is 1. The molecule has 2 fully saturated rings. The number of carbonyl (C=O) groups is 1. The first kappa shape index (κ1) is 15.6. The summed E-state index contributed by atoms with van der Waals surface area (Å²) in [5, 5.41) is 2.46. The van der Waals surface area contributed by atoms with Crippen LogP contribution in [0, 0.1) is 11.3 Å². The van der Waals surface area contributed by atoms with Crippen molar-refractivity contribution in [3.8, 4) is 0 Å². The molecule has 1 saturated heterocycles. The summed E-state index contributed by atoms with van der Waals surface area (Å²) in [5.74, 6) is -0.0609. The molecule has 1 aliphatic carbocycles. The Morgan fingerprint density at radius 2 is 1.90 bits per heavy atom. The number of hydrogen-bond donors (Lipinski definition) is 1. The summed E-state index contributed by atoms with van der Waals surface area (Å²) in [6.45, 7) is 5.12. The van der Waals surface area contributed by atoms with Gasteiger partial charge in [-0.15, -0.1) is 0 Å². The van der Waals surface area contributed by atoms with Gasteiger partial charge in [0.15, 0.2) is 0 Å². The lowest BCUT2D eigenvalue weighted by molar-refractivity contribution is -0.192. The van der Waals surface area contributed by atoms with E-state index < -0.39 is 17.5 Å². The van der Waals surface area contributed by atoms with E-state index in [0.717, 1.165) is 31.8 Å². The topological polar surface area (TPSA) is 32.3 Å². The molecule has 0 unspecified atom stereocenters. The molecule has 0 radical (unpaired) electrons. The van der Waals surface area contributed by atoms with Crippen LogP contribution in [0.4, 0.5) is 13.2 Å². The minimum atomic E-state index is -4.41. The standard InChI is InChI=1S/C14H23F3N2O/c1-2-11-3-8-19(9-4-11)10-7-18-12(20)13(5-6-13)14(15,16)17/h11H,2-10H2,1H3,(H,18,20). The van der Waals surface area contributed by atoms with E-state index in [0.29, 0.717) is 13.1 Å². The average Bonchev–Trinajstić information content (AvgIpc) is 3.20. The molecule has 2 aliphatic rings. The van der Waals surface area contributed by atoms with Crippen molar-refractivity contribution in [3.05, 3.63) is 0 Å². The van der Waals surface area contributed by atoms with Crippen molar-refractivity contribution in [3.63, 3.8) is 0 Å². The second-order valence-electron chi connectivity index (χ2n) is 6.03. The molecule has 20 heavy (non-hydrogen) atoms. The molecule has 0 aromatic rings. The highest BCUT2D eigenvalue weighted by atomic mass is 19.4. The molecule has 1 amide bonds. The van der Waals surface area contributed by atoms with E-state index in [1.807, 2.05) is 0 Å². The fourth-order valence-corrected chi connectivity index (χ4v) is 2.88. The number of nitrogens with zero attached hydrogens (tertiary/aromatic N) is 1. The molecule has 0 spiro atoms. The summed E-state index contributed by atoms with van der Waals surface area (Å²) >= 11 is 0.